The van der Waals surface area contributed by atoms with Gasteiger partial charge in [0.25, 0.3) is 11.5 Å². The number of benzene rings is 2. The number of nitrogens with zero attached hydrogens (tertiary/aromatic N) is 3. The van der Waals surface area contributed by atoms with Crippen LogP contribution in [0.1, 0.15) is 11.3 Å². The Morgan fingerprint density at radius 3 is 2.31 bits per heavy atom. The van der Waals surface area contributed by atoms with Crippen LogP contribution in [-0.2, 0) is 11.8 Å². The first-order chi connectivity index (χ1) is 13.8. The van der Waals surface area contributed by atoms with Crippen LogP contribution in [0.25, 0.3) is 11.8 Å². The van der Waals surface area contributed by atoms with Crippen LogP contribution in [0.4, 0.5) is 5.69 Å². The third kappa shape index (κ3) is 3.97. The Labute approximate surface area is 177 Å². The molecule has 0 saturated carbocycles. The maximum Gasteiger partial charge on any atom is 0.295 e. The molecule has 29 heavy (non-hydrogen) atoms. The Kier molecular flexibility index (Phi) is 5.92. The van der Waals surface area contributed by atoms with Crippen molar-refractivity contribution in [2.24, 2.45) is 7.05 Å². The summed E-state index contributed by atoms with van der Waals surface area (Å²) in [6, 6.07) is 15.7. The molecule has 0 radical (unpaired) electrons. The van der Waals surface area contributed by atoms with Gasteiger partial charge in [0.1, 0.15) is 17.3 Å². The number of amides is 1. The highest BCUT2D eigenvalue weighted by molar-refractivity contribution is 6.37. The van der Waals surface area contributed by atoms with Crippen LogP contribution in [0.3, 0.4) is 0 Å². The lowest BCUT2D eigenvalue weighted by molar-refractivity contribution is -0.112. The van der Waals surface area contributed by atoms with Crippen LogP contribution >= 0.6 is 23.2 Å². The van der Waals surface area contributed by atoms with Gasteiger partial charge in [-0.1, -0.05) is 47.5 Å². The van der Waals surface area contributed by atoms with Crippen LogP contribution in [-0.4, -0.2) is 15.3 Å². The molecule has 0 saturated heterocycles. The van der Waals surface area contributed by atoms with Crippen molar-refractivity contribution in [3.8, 4) is 11.8 Å². The summed E-state index contributed by atoms with van der Waals surface area (Å²) in [5.41, 5.74) is 1.01. The van der Waals surface area contributed by atoms with Crippen molar-refractivity contribution in [2.45, 2.75) is 6.92 Å². The number of nitrogens with one attached hydrogen (secondary N) is 1. The molecule has 3 aromatic rings. The number of aromatic nitrogens is 2. The largest absolute Gasteiger partial charge is 0.315 e. The number of carbonyl (C=O) groups is 1. The number of para-hydroxylation sites is 1. The monoisotopic (exact) mass is 426 g/mol. The van der Waals surface area contributed by atoms with Gasteiger partial charge in [0.15, 0.2) is 0 Å². The molecule has 3 rings (SSSR count). The van der Waals surface area contributed by atoms with Crippen LogP contribution in [0.2, 0.25) is 10.0 Å². The molecular weight excluding hydrogens is 411 g/mol. The smallest absolute Gasteiger partial charge is 0.295 e. The van der Waals surface area contributed by atoms with Gasteiger partial charge in [-0.2, -0.15) is 5.26 Å². The first-order valence-electron chi connectivity index (χ1n) is 8.56. The molecule has 0 atom stereocenters. The molecule has 146 valence electrons. The van der Waals surface area contributed by atoms with Crippen molar-refractivity contribution in [2.75, 3.05) is 5.32 Å². The second-order valence-corrected chi connectivity index (χ2v) is 7.01. The number of halogens is 2. The van der Waals surface area contributed by atoms with E-state index in [9.17, 15) is 14.9 Å². The molecule has 0 bridgehead atoms. The van der Waals surface area contributed by atoms with Gasteiger partial charge < -0.3 is 5.32 Å². The molecule has 0 aliphatic carbocycles. The summed E-state index contributed by atoms with van der Waals surface area (Å²) in [6.07, 6.45) is 1.30. The van der Waals surface area contributed by atoms with Gasteiger partial charge in [0.05, 0.1) is 11.4 Å². The zero-order valence-electron chi connectivity index (χ0n) is 15.6. The van der Waals surface area contributed by atoms with Gasteiger partial charge >= 0.3 is 0 Å². The Morgan fingerprint density at radius 1 is 1.10 bits per heavy atom. The number of carbonyl (C=O) groups excluding carboxylic acids is 1. The lowest BCUT2D eigenvalue weighted by Crippen LogP contribution is -2.23. The summed E-state index contributed by atoms with van der Waals surface area (Å²) >= 11 is 12.2. The minimum absolute atomic E-state index is 0.0905. The van der Waals surface area contributed by atoms with E-state index in [4.69, 9.17) is 23.2 Å². The first-order valence-corrected chi connectivity index (χ1v) is 9.32. The van der Waals surface area contributed by atoms with Crippen LogP contribution in [0, 0.1) is 18.3 Å². The van der Waals surface area contributed by atoms with E-state index in [-0.39, 0.29) is 11.3 Å². The molecule has 0 fully saturated rings. The summed E-state index contributed by atoms with van der Waals surface area (Å²) in [5.74, 6) is -0.727. The zero-order chi connectivity index (χ0) is 21.1. The highest BCUT2D eigenvalue weighted by Crippen LogP contribution is 2.27. The maximum absolute atomic E-state index is 12.9. The van der Waals surface area contributed by atoms with Crippen LogP contribution < -0.4 is 10.9 Å². The van der Waals surface area contributed by atoms with Crippen molar-refractivity contribution in [1.29, 1.82) is 5.26 Å². The maximum atomic E-state index is 12.9. The van der Waals surface area contributed by atoms with Gasteiger partial charge in [-0.25, -0.2) is 4.68 Å². The van der Waals surface area contributed by atoms with E-state index in [1.165, 1.54) is 10.8 Å². The normalized spacial score (nSPS) is 11.2. The number of hydrogen-bond donors (Lipinski definition) is 1. The van der Waals surface area contributed by atoms with Gasteiger partial charge in [-0.15, -0.1) is 0 Å². The van der Waals surface area contributed by atoms with E-state index in [1.54, 1.807) is 49.0 Å². The van der Waals surface area contributed by atoms with E-state index >= 15 is 0 Å². The van der Waals surface area contributed by atoms with Gasteiger partial charge in [-0.05, 0) is 37.3 Å². The summed E-state index contributed by atoms with van der Waals surface area (Å²) in [6.45, 7) is 1.71. The molecule has 8 heteroatoms. The highest BCUT2D eigenvalue weighted by Gasteiger charge is 2.20. The predicted molar refractivity (Wildman–Crippen MR) is 114 cm³/mol. The molecule has 2 aromatic carbocycles. The summed E-state index contributed by atoms with van der Waals surface area (Å²) < 4.78 is 3.07. The summed E-state index contributed by atoms with van der Waals surface area (Å²) in [7, 11) is 1.71. The fourth-order valence-electron chi connectivity index (χ4n) is 2.83. The fourth-order valence-corrected chi connectivity index (χ4v) is 3.34. The molecule has 6 nitrogen and oxygen atoms in total. The molecule has 0 spiro atoms. The van der Waals surface area contributed by atoms with Crippen molar-refractivity contribution in [3.63, 3.8) is 0 Å². The van der Waals surface area contributed by atoms with Gasteiger partial charge in [0, 0.05) is 22.7 Å². The third-order valence-corrected chi connectivity index (χ3v) is 5.11. The van der Waals surface area contributed by atoms with Gasteiger partial charge in [-0.3, -0.25) is 14.3 Å². The quantitative estimate of drug-likeness (QED) is 0.497. The number of nitriles is 1. The predicted octanol–water partition coefficient (Wildman–Crippen LogP) is 4.34. The standard InChI is InChI=1S/C21H16Cl2N4O2/c1-13-19(21(29)27(26(13)2)15-7-4-3-5-8-15)25-20(28)14(12-24)11-16-17(22)9-6-10-18(16)23/h3-11H,1-2H3,(H,25,28)/b14-11+. The molecular formula is C21H16Cl2N4O2. The van der Waals surface area contributed by atoms with Gasteiger partial charge in [0.2, 0.25) is 0 Å². The van der Waals surface area contributed by atoms with Crippen molar-refractivity contribution in [1.82, 2.24) is 9.36 Å². The van der Waals surface area contributed by atoms with E-state index in [2.05, 4.69) is 5.32 Å². The number of rotatable bonds is 4. The second kappa shape index (κ2) is 8.39. The zero-order valence-corrected chi connectivity index (χ0v) is 17.1. The Hall–Kier alpha value is -3.27. The summed E-state index contributed by atoms with van der Waals surface area (Å²) in [4.78, 5) is 25.6. The molecule has 1 N–H and O–H groups in total. The van der Waals surface area contributed by atoms with Crippen molar-refractivity contribution < 1.29 is 4.79 Å². The fraction of sp³-hybridized carbons (Fsp3) is 0.0952. The van der Waals surface area contributed by atoms with E-state index in [1.807, 2.05) is 24.3 Å². The van der Waals surface area contributed by atoms with Crippen LogP contribution in [0.15, 0.2) is 58.9 Å². The molecule has 0 aliphatic rings. The van der Waals surface area contributed by atoms with Crippen LogP contribution in [0.5, 0.6) is 0 Å². The minimum Gasteiger partial charge on any atom is -0.315 e. The minimum atomic E-state index is -0.727. The van der Waals surface area contributed by atoms with E-state index in [0.29, 0.717) is 27.0 Å². The van der Waals surface area contributed by atoms with Crippen molar-refractivity contribution in [3.05, 3.63) is 85.8 Å². The third-order valence-electron chi connectivity index (χ3n) is 4.45. The Morgan fingerprint density at radius 2 is 1.72 bits per heavy atom. The average Bonchev–Trinajstić information content (AvgIpc) is 2.91. The molecule has 0 aliphatic heterocycles. The van der Waals surface area contributed by atoms with E-state index < -0.39 is 11.5 Å². The highest BCUT2D eigenvalue weighted by atomic mass is 35.5. The molecule has 1 heterocycles. The number of anilines is 1. The topological polar surface area (TPSA) is 79.8 Å². The Balaban J connectivity index is 2.00. The van der Waals surface area contributed by atoms with E-state index in [0.717, 1.165) is 0 Å². The average molecular weight is 427 g/mol. The lowest BCUT2D eigenvalue weighted by Gasteiger charge is -2.07. The first kappa shape index (κ1) is 20.5. The number of hydrogen-bond acceptors (Lipinski definition) is 3. The van der Waals surface area contributed by atoms with Crippen molar-refractivity contribution >= 4 is 40.9 Å². The second-order valence-electron chi connectivity index (χ2n) is 6.20. The SMILES string of the molecule is Cc1c(NC(=O)/C(C#N)=C/c2c(Cl)cccc2Cl)c(=O)n(-c2ccccc2)n1C. The Bertz CT molecular complexity index is 1200. The molecule has 1 amide bonds. The summed E-state index contributed by atoms with van der Waals surface area (Å²) in [5, 5.41) is 12.6. The molecule has 0 unspecified atom stereocenters. The lowest BCUT2D eigenvalue weighted by atomic mass is 10.1. The molecule has 1 aromatic heterocycles.